The van der Waals surface area contributed by atoms with Crippen molar-refractivity contribution in [2.45, 2.75) is 13.0 Å². The van der Waals surface area contributed by atoms with Gasteiger partial charge in [-0.2, -0.15) is 0 Å². The molecule has 1 amide bonds. The van der Waals surface area contributed by atoms with E-state index in [1.165, 1.54) is 0 Å². The number of hydrogen-bond donors (Lipinski definition) is 2. The molecule has 0 aliphatic heterocycles. The van der Waals surface area contributed by atoms with E-state index in [4.69, 9.17) is 21.4 Å². The molecule has 5 heteroatoms. The maximum absolute atomic E-state index is 11.7. The molecule has 0 atom stereocenters. The average molecular weight is 320 g/mol. The van der Waals surface area contributed by atoms with E-state index in [1.807, 2.05) is 24.3 Å². The number of carbonyl (C=O) groups excluding carboxylic acids is 1. The van der Waals surface area contributed by atoms with Gasteiger partial charge in [-0.25, -0.2) is 0 Å². The number of rotatable bonds is 7. The van der Waals surface area contributed by atoms with Crippen LogP contribution in [0, 0.1) is 0 Å². The normalized spacial score (nSPS) is 10.3. The summed E-state index contributed by atoms with van der Waals surface area (Å²) in [7, 11) is 0. The number of carbonyl (C=O) groups is 1. The first kappa shape index (κ1) is 16.3. The molecule has 0 unspecified atom stereocenters. The molecule has 2 aromatic carbocycles. The molecule has 0 fully saturated rings. The summed E-state index contributed by atoms with van der Waals surface area (Å²) >= 11 is 5.81. The van der Waals surface area contributed by atoms with Crippen molar-refractivity contribution < 1.29 is 14.6 Å². The van der Waals surface area contributed by atoms with Crippen molar-refractivity contribution in [2.24, 2.45) is 0 Å². The number of halogens is 1. The zero-order valence-corrected chi connectivity index (χ0v) is 12.8. The van der Waals surface area contributed by atoms with Crippen LogP contribution in [0.3, 0.4) is 0 Å². The minimum absolute atomic E-state index is 0.00847. The molecule has 22 heavy (non-hydrogen) atoms. The highest BCUT2D eigenvalue weighted by atomic mass is 35.5. The van der Waals surface area contributed by atoms with Gasteiger partial charge in [-0.1, -0.05) is 35.9 Å². The molecule has 0 aliphatic carbocycles. The molecule has 116 valence electrons. The van der Waals surface area contributed by atoms with Crippen LogP contribution in [-0.2, 0) is 17.8 Å². The van der Waals surface area contributed by atoms with Crippen LogP contribution in [-0.4, -0.2) is 24.2 Å². The summed E-state index contributed by atoms with van der Waals surface area (Å²) in [6, 6.07) is 14.5. The SMILES string of the molecule is O=C(COc1ccc(CO)cc1)NCCc1ccc(Cl)cc1. The Kier molecular flexibility index (Phi) is 6.25. The summed E-state index contributed by atoms with van der Waals surface area (Å²) in [5.74, 6) is 0.435. The second-order valence-electron chi connectivity index (χ2n) is 4.82. The largest absolute Gasteiger partial charge is 0.484 e. The van der Waals surface area contributed by atoms with Crippen LogP contribution in [0.2, 0.25) is 5.02 Å². The third kappa shape index (κ3) is 5.39. The summed E-state index contributed by atoms with van der Waals surface area (Å²) in [6.45, 7) is 0.512. The molecule has 0 bridgehead atoms. The zero-order chi connectivity index (χ0) is 15.8. The fourth-order valence-electron chi connectivity index (χ4n) is 1.89. The topological polar surface area (TPSA) is 58.6 Å². The second kappa shape index (κ2) is 8.41. The highest BCUT2D eigenvalue weighted by molar-refractivity contribution is 6.30. The van der Waals surface area contributed by atoms with Crippen LogP contribution in [0.25, 0.3) is 0 Å². The van der Waals surface area contributed by atoms with Gasteiger partial charge in [0.25, 0.3) is 5.91 Å². The third-order valence-corrected chi connectivity index (χ3v) is 3.38. The van der Waals surface area contributed by atoms with Crippen LogP contribution in [0.5, 0.6) is 5.75 Å². The molecule has 0 heterocycles. The number of amides is 1. The molecular weight excluding hydrogens is 302 g/mol. The van der Waals surface area contributed by atoms with Gasteiger partial charge in [0.1, 0.15) is 5.75 Å². The summed E-state index contributed by atoms with van der Waals surface area (Å²) in [5.41, 5.74) is 1.92. The van der Waals surface area contributed by atoms with Crippen molar-refractivity contribution in [3.05, 3.63) is 64.7 Å². The van der Waals surface area contributed by atoms with Gasteiger partial charge in [-0.3, -0.25) is 4.79 Å². The molecule has 2 N–H and O–H groups in total. The average Bonchev–Trinajstić information content (AvgIpc) is 2.55. The van der Waals surface area contributed by atoms with E-state index in [0.29, 0.717) is 17.3 Å². The lowest BCUT2D eigenvalue weighted by Gasteiger charge is -2.08. The van der Waals surface area contributed by atoms with Gasteiger partial charge in [0, 0.05) is 11.6 Å². The Balaban J connectivity index is 1.68. The highest BCUT2D eigenvalue weighted by Gasteiger charge is 2.03. The second-order valence-corrected chi connectivity index (χ2v) is 5.25. The molecule has 0 aromatic heterocycles. The van der Waals surface area contributed by atoms with E-state index in [1.54, 1.807) is 24.3 Å². The molecule has 4 nitrogen and oxygen atoms in total. The Morgan fingerprint density at radius 1 is 1.05 bits per heavy atom. The van der Waals surface area contributed by atoms with Gasteiger partial charge in [0.05, 0.1) is 6.61 Å². The number of aliphatic hydroxyl groups excluding tert-OH is 1. The van der Waals surface area contributed by atoms with E-state index in [-0.39, 0.29) is 19.1 Å². The van der Waals surface area contributed by atoms with Crippen LogP contribution in [0.1, 0.15) is 11.1 Å². The maximum atomic E-state index is 11.7. The van der Waals surface area contributed by atoms with Crippen molar-refractivity contribution in [2.75, 3.05) is 13.2 Å². The number of benzene rings is 2. The molecule has 2 aromatic rings. The zero-order valence-electron chi connectivity index (χ0n) is 12.1. The van der Waals surface area contributed by atoms with Crippen molar-refractivity contribution >= 4 is 17.5 Å². The predicted molar refractivity (Wildman–Crippen MR) is 86.0 cm³/mol. The van der Waals surface area contributed by atoms with Crippen molar-refractivity contribution in [3.63, 3.8) is 0 Å². The first-order valence-electron chi connectivity index (χ1n) is 7.01. The van der Waals surface area contributed by atoms with E-state index in [2.05, 4.69) is 5.32 Å². The highest BCUT2D eigenvalue weighted by Crippen LogP contribution is 2.12. The minimum atomic E-state index is -0.166. The molecule has 0 aliphatic rings. The van der Waals surface area contributed by atoms with Crippen molar-refractivity contribution in [1.29, 1.82) is 0 Å². The van der Waals surface area contributed by atoms with Gasteiger partial charge < -0.3 is 15.2 Å². The monoisotopic (exact) mass is 319 g/mol. The Morgan fingerprint density at radius 2 is 1.68 bits per heavy atom. The number of nitrogens with one attached hydrogen (secondary N) is 1. The minimum Gasteiger partial charge on any atom is -0.484 e. The summed E-state index contributed by atoms with van der Waals surface area (Å²) in [5, 5.41) is 12.4. The number of hydrogen-bond acceptors (Lipinski definition) is 3. The first-order chi connectivity index (χ1) is 10.7. The molecule has 0 spiro atoms. The van der Waals surface area contributed by atoms with Gasteiger partial charge in [-0.15, -0.1) is 0 Å². The van der Waals surface area contributed by atoms with Crippen LogP contribution >= 0.6 is 11.6 Å². The first-order valence-corrected chi connectivity index (χ1v) is 7.39. The summed E-state index contributed by atoms with van der Waals surface area (Å²) < 4.78 is 5.37. The van der Waals surface area contributed by atoms with Crippen molar-refractivity contribution in [1.82, 2.24) is 5.32 Å². The number of aliphatic hydroxyl groups is 1. The molecular formula is C17H18ClNO3. The Hall–Kier alpha value is -2.04. The Morgan fingerprint density at radius 3 is 2.32 bits per heavy atom. The third-order valence-electron chi connectivity index (χ3n) is 3.12. The molecule has 0 radical (unpaired) electrons. The van der Waals surface area contributed by atoms with E-state index in [9.17, 15) is 4.79 Å². The Bertz CT molecular complexity index is 596. The van der Waals surface area contributed by atoms with Crippen LogP contribution in [0.4, 0.5) is 0 Å². The summed E-state index contributed by atoms with van der Waals surface area (Å²) in [6.07, 6.45) is 0.744. The quantitative estimate of drug-likeness (QED) is 0.824. The van der Waals surface area contributed by atoms with E-state index >= 15 is 0 Å². The maximum Gasteiger partial charge on any atom is 0.257 e. The predicted octanol–water partition coefficient (Wildman–Crippen LogP) is 2.57. The lowest BCUT2D eigenvalue weighted by molar-refractivity contribution is -0.123. The fourth-order valence-corrected chi connectivity index (χ4v) is 2.01. The van der Waals surface area contributed by atoms with Gasteiger partial charge in [0.2, 0.25) is 0 Å². The Labute approximate surface area is 134 Å². The van der Waals surface area contributed by atoms with Gasteiger partial charge >= 0.3 is 0 Å². The smallest absolute Gasteiger partial charge is 0.257 e. The van der Waals surface area contributed by atoms with Crippen LogP contribution < -0.4 is 10.1 Å². The standard InChI is InChI=1S/C17H18ClNO3/c18-15-5-1-13(2-6-15)9-10-19-17(21)12-22-16-7-3-14(11-20)4-8-16/h1-8,20H,9-12H2,(H,19,21). The molecule has 0 saturated carbocycles. The summed E-state index contributed by atoms with van der Waals surface area (Å²) in [4.78, 5) is 11.7. The van der Waals surface area contributed by atoms with E-state index in [0.717, 1.165) is 17.5 Å². The lowest BCUT2D eigenvalue weighted by Crippen LogP contribution is -2.30. The lowest BCUT2D eigenvalue weighted by atomic mass is 10.1. The molecule has 2 rings (SSSR count). The van der Waals surface area contributed by atoms with Gasteiger partial charge in [-0.05, 0) is 41.8 Å². The van der Waals surface area contributed by atoms with Crippen LogP contribution in [0.15, 0.2) is 48.5 Å². The molecule has 0 saturated heterocycles. The van der Waals surface area contributed by atoms with Crippen molar-refractivity contribution in [3.8, 4) is 5.75 Å². The fraction of sp³-hybridized carbons (Fsp3) is 0.235. The van der Waals surface area contributed by atoms with E-state index < -0.39 is 0 Å². The van der Waals surface area contributed by atoms with Gasteiger partial charge in [0.15, 0.2) is 6.61 Å². The number of ether oxygens (including phenoxy) is 1.